The van der Waals surface area contributed by atoms with Crippen molar-refractivity contribution in [3.05, 3.63) is 60.4 Å². The third kappa shape index (κ3) is 3.68. The molecule has 0 radical (unpaired) electrons. The van der Waals surface area contributed by atoms with Crippen LogP contribution in [0.5, 0.6) is 0 Å². The molecule has 2 aromatic heterocycles. The Balaban J connectivity index is 2.05. The van der Waals surface area contributed by atoms with Crippen molar-refractivity contribution in [1.82, 2.24) is 8.96 Å². The van der Waals surface area contributed by atoms with Crippen molar-refractivity contribution < 1.29 is 8.42 Å². The Morgan fingerprint density at radius 1 is 1.08 bits per heavy atom. The van der Waals surface area contributed by atoms with Crippen LogP contribution in [0.4, 0.5) is 0 Å². The van der Waals surface area contributed by atoms with Gasteiger partial charge in [0, 0.05) is 12.4 Å². The summed E-state index contributed by atoms with van der Waals surface area (Å²) in [5, 5.41) is 0. The molecule has 0 spiro atoms. The van der Waals surface area contributed by atoms with E-state index in [9.17, 15) is 8.42 Å². The SMILES string of the molecule is CCCCC(CC)Cc1cn(S(=O)(=O)c2ccccc2)c2cccnc12. The fraction of sp³-hybridized carbons (Fsp3) is 0.381. The Morgan fingerprint density at radius 2 is 1.85 bits per heavy atom. The predicted octanol–water partition coefficient (Wildman–Crippen LogP) is 5.03. The Bertz CT molecular complexity index is 962. The molecular formula is C21H26N2O2S. The zero-order valence-corrected chi connectivity index (χ0v) is 16.2. The largest absolute Gasteiger partial charge is 0.268 e. The van der Waals surface area contributed by atoms with E-state index in [1.807, 2.05) is 12.1 Å². The van der Waals surface area contributed by atoms with E-state index in [0.29, 0.717) is 16.3 Å². The van der Waals surface area contributed by atoms with Crippen LogP contribution in [0.2, 0.25) is 0 Å². The van der Waals surface area contributed by atoms with Crippen molar-refractivity contribution in [3.63, 3.8) is 0 Å². The Labute approximate surface area is 155 Å². The lowest BCUT2D eigenvalue weighted by molar-refractivity contribution is 0.450. The topological polar surface area (TPSA) is 52.0 Å². The first kappa shape index (κ1) is 18.6. The number of unbranched alkanes of at least 4 members (excludes halogenated alkanes) is 1. The first-order valence-corrected chi connectivity index (χ1v) is 10.8. The van der Waals surface area contributed by atoms with Gasteiger partial charge in [0.2, 0.25) is 0 Å². The zero-order chi connectivity index (χ0) is 18.6. The minimum Gasteiger partial charge on any atom is -0.254 e. The molecule has 1 aromatic carbocycles. The van der Waals surface area contributed by atoms with E-state index < -0.39 is 10.0 Å². The summed E-state index contributed by atoms with van der Waals surface area (Å²) in [6, 6.07) is 12.2. The second-order valence-electron chi connectivity index (χ2n) is 6.76. The summed E-state index contributed by atoms with van der Waals surface area (Å²) in [4.78, 5) is 4.79. The molecule has 0 N–H and O–H groups in total. The third-order valence-corrected chi connectivity index (χ3v) is 6.64. The monoisotopic (exact) mass is 370 g/mol. The van der Waals surface area contributed by atoms with Crippen molar-refractivity contribution in [2.24, 2.45) is 5.92 Å². The number of hydrogen-bond donors (Lipinski definition) is 0. The van der Waals surface area contributed by atoms with E-state index in [4.69, 9.17) is 0 Å². The van der Waals surface area contributed by atoms with Gasteiger partial charge in [-0.15, -0.1) is 0 Å². The third-order valence-electron chi connectivity index (χ3n) is 4.95. The summed E-state index contributed by atoms with van der Waals surface area (Å²) in [5.41, 5.74) is 2.46. The zero-order valence-electron chi connectivity index (χ0n) is 15.4. The summed E-state index contributed by atoms with van der Waals surface area (Å²) in [7, 11) is -3.63. The standard InChI is InChI=1S/C21H26N2O2S/c1-3-5-10-17(4-2)15-18-16-23(20-13-9-14-22-21(18)20)26(24,25)19-11-7-6-8-12-19/h6-9,11-14,16-17H,3-5,10,15H2,1-2H3. The molecule has 0 amide bonds. The minimum atomic E-state index is -3.63. The van der Waals surface area contributed by atoms with Crippen LogP contribution in [0.1, 0.15) is 45.1 Å². The maximum Gasteiger partial charge on any atom is 0.268 e. The van der Waals surface area contributed by atoms with E-state index in [-0.39, 0.29) is 0 Å². The van der Waals surface area contributed by atoms with Crippen LogP contribution >= 0.6 is 0 Å². The number of benzene rings is 1. The molecule has 0 bridgehead atoms. The average molecular weight is 371 g/mol. The van der Waals surface area contributed by atoms with Gasteiger partial charge in [-0.1, -0.05) is 57.7 Å². The van der Waals surface area contributed by atoms with Crippen LogP contribution in [-0.2, 0) is 16.4 Å². The molecule has 2 heterocycles. The van der Waals surface area contributed by atoms with Crippen molar-refractivity contribution in [3.8, 4) is 0 Å². The molecule has 1 unspecified atom stereocenters. The molecule has 0 fully saturated rings. The van der Waals surface area contributed by atoms with Crippen molar-refractivity contribution in [1.29, 1.82) is 0 Å². The smallest absolute Gasteiger partial charge is 0.254 e. The number of hydrogen-bond acceptors (Lipinski definition) is 3. The quantitative estimate of drug-likeness (QED) is 0.559. The van der Waals surface area contributed by atoms with E-state index in [1.165, 1.54) is 16.8 Å². The molecule has 0 saturated carbocycles. The Kier molecular flexibility index (Phi) is 5.77. The summed E-state index contributed by atoms with van der Waals surface area (Å²) < 4.78 is 27.6. The predicted molar refractivity (Wildman–Crippen MR) is 106 cm³/mol. The van der Waals surface area contributed by atoms with Gasteiger partial charge in [0.15, 0.2) is 0 Å². The maximum atomic E-state index is 13.1. The number of fused-ring (bicyclic) bond motifs is 1. The lowest BCUT2D eigenvalue weighted by Gasteiger charge is -2.13. The Morgan fingerprint density at radius 3 is 2.54 bits per heavy atom. The van der Waals surface area contributed by atoms with Crippen LogP contribution in [0.15, 0.2) is 59.8 Å². The summed E-state index contributed by atoms with van der Waals surface area (Å²) in [5.74, 6) is 0.551. The second kappa shape index (κ2) is 8.04. The maximum absolute atomic E-state index is 13.1. The molecule has 0 aliphatic heterocycles. The van der Waals surface area contributed by atoms with Gasteiger partial charge in [0.1, 0.15) is 0 Å². The molecular weight excluding hydrogens is 344 g/mol. The van der Waals surface area contributed by atoms with Gasteiger partial charge >= 0.3 is 0 Å². The van der Waals surface area contributed by atoms with Gasteiger partial charge in [0.25, 0.3) is 10.0 Å². The van der Waals surface area contributed by atoms with Crippen LogP contribution in [0.25, 0.3) is 11.0 Å². The van der Waals surface area contributed by atoms with Crippen LogP contribution in [0.3, 0.4) is 0 Å². The lowest BCUT2D eigenvalue weighted by Crippen LogP contribution is -2.11. The molecule has 3 aromatic rings. The first-order chi connectivity index (χ1) is 12.6. The number of aromatic nitrogens is 2. The Hall–Kier alpha value is -2.14. The van der Waals surface area contributed by atoms with Crippen molar-refractivity contribution in [2.45, 2.75) is 50.8 Å². The minimum absolute atomic E-state index is 0.297. The van der Waals surface area contributed by atoms with Gasteiger partial charge in [-0.3, -0.25) is 4.98 Å². The summed E-state index contributed by atoms with van der Waals surface area (Å²) in [6.45, 7) is 4.40. The van der Waals surface area contributed by atoms with Gasteiger partial charge in [-0.05, 0) is 42.2 Å². The molecule has 138 valence electrons. The summed E-state index contributed by atoms with van der Waals surface area (Å²) in [6.07, 6.45) is 9.00. The molecule has 3 rings (SSSR count). The van der Waals surface area contributed by atoms with Crippen molar-refractivity contribution in [2.75, 3.05) is 0 Å². The number of pyridine rings is 1. The highest BCUT2D eigenvalue weighted by Crippen LogP contribution is 2.28. The fourth-order valence-corrected chi connectivity index (χ4v) is 4.80. The lowest BCUT2D eigenvalue weighted by atomic mass is 9.93. The highest BCUT2D eigenvalue weighted by atomic mass is 32.2. The molecule has 4 nitrogen and oxygen atoms in total. The van der Waals surface area contributed by atoms with Crippen LogP contribution in [-0.4, -0.2) is 17.4 Å². The van der Waals surface area contributed by atoms with E-state index in [1.54, 1.807) is 42.7 Å². The molecule has 1 atom stereocenters. The fourth-order valence-electron chi connectivity index (χ4n) is 3.40. The van der Waals surface area contributed by atoms with Gasteiger partial charge in [-0.2, -0.15) is 0 Å². The molecule has 0 aliphatic rings. The average Bonchev–Trinajstić information content (AvgIpc) is 3.05. The van der Waals surface area contributed by atoms with Crippen LogP contribution in [0, 0.1) is 5.92 Å². The van der Waals surface area contributed by atoms with Crippen LogP contribution < -0.4 is 0 Å². The second-order valence-corrected chi connectivity index (χ2v) is 8.57. The molecule has 5 heteroatoms. The summed E-state index contributed by atoms with van der Waals surface area (Å²) >= 11 is 0. The number of nitrogens with zero attached hydrogens (tertiary/aromatic N) is 2. The van der Waals surface area contributed by atoms with E-state index in [0.717, 1.165) is 30.3 Å². The van der Waals surface area contributed by atoms with E-state index in [2.05, 4.69) is 18.8 Å². The molecule has 0 aliphatic carbocycles. The van der Waals surface area contributed by atoms with Gasteiger partial charge < -0.3 is 0 Å². The number of rotatable bonds is 8. The van der Waals surface area contributed by atoms with E-state index >= 15 is 0 Å². The molecule has 26 heavy (non-hydrogen) atoms. The van der Waals surface area contributed by atoms with Gasteiger partial charge in [0.05, 0.1) is 15.9 Å². The first-order valence-electron chi connectivity index (χ1n) is 9.33. The van der Waals surface area contributed by atoms with Crippen molar-refractivity contribution >= 4 is 21.1 Å². The molecule has 0 saturated heterocycles. The van der Waals surface area contributed by atoms with Gasteiger partial charge in [-0.25, -0.2) is 12.4 Å². The normalized spacial score (nSPS) is 13.2. The highest BCUT2D eigenvalue weighted by molar-refractivity contribution is 7.90. The highest BCUT2D eigenvalue weighted by Gasteiger charge is 2.22.